The molecule has 2 aromatic carbocycles. The monoisotopic (exact) mass is 452 g/mol. The van der Waals surface area contributed by atoms with Crippen molar-refractivity contribution in [3.05, 3.63) is 84.6 Å². The lowest BCUT2D eigenvalue weighted by Gasteiger charge is -2.02. The number of hydrogen-bond donors (Lipinski definition) is 1. The topological polar surface area (TPSA) is 98.0 Å². The molecule has 11 heteroatoms. The molecule has 7 nitrogen and oxygen atoms in total. The normalized spacial score (nSPS) is 11.3. The molecule has 3 aromatic rings. The number of nitro benzene ring substituents is 1. The Bertz CT molecular complexity index is 1100. The largest absolute Gasteiger partial charge is 0.346 e. The van der Waals surface area contributed by atoms with Gasteiger partial charge in [0.25, 0.3) is 11.6 Å². The predicted molar refractivity (Wildman–Crippen MR) is 109 cm³/mol. The van der Waals surface area contributed by atoms with Crippen molar-refractivity contribution in [2.45, 2.75) is 6.54 Å². The molecule has 29 heavy (non-hydrogen) atoms. The molecule has 0 radical (unpaired) electrons. The molecule has 1 aromatic heterocycles. The minimum absolute atomic E-state index is 0.0132. The second-order valence-electron chi connectivity index (χ2n) is 5.68. The molecular formula is C18H11Cl2FN4O3S. The number of nitrogens with one attached hydrogen (secondary N) is 1. The summed E-state index contributed by atoms with van der Waals surface area (Å²) in [5, 5.41) is 21.9. The lowest BCUT2D eigenvalue weighted by atomic mass is 10.2. The SMILES string of the molecule is O=C(NCc1ccc(F)cc1)c1nnc(/C(Cl)=C/c2ccc(Cl)c([N+](=O)[O-])c2)s1. The number of carbonyl (C=O) groups excluding carboxylic acids is 1. The van der Waals surface area contributed by atoms with Crippen LogP contribution in [0, 0.1) is 15.9 Å². The first-order valence-corrected chi connectivity index (χ1v) is 9.58. The van der Waals surface area contributed by atoms with E-state index in [-0.39, 0.29) is 38.1 Å². The standard InChI is InChI=1S/C18H11Cl2FN4O3S/c19-13-6-3-11(8-15(13)25(27)28)7-14(20)17-23-24-18(29-17)16(26)22-9-10-1-4-12(21)5-2-10/h1-8H,9H2,(H,22,26)/b14-7-. The Hall–Kier alpha value is -2.88. The summed E-state index contributed by atoms with van der Waals surface area (Å²) in [4.78, 5) is 22.6. The van der Waals surface area contributed by atoms with Crippen molar-refractivity contribution >= 4 is 57.2 Å². The molecule has 0 unspecified atom stereocenters. The number of nitro groups is 1. The Kier molecular flexibility index (Phi) is 6.53. The summed E-state index contributed by atoms with van der Waals surface area (Å²) in [6.45, 7) is 0.200. The van der Waals surface area contributed by atoms with Crippen LogP contribution < -0.4 is 5.32 Å². The Labute approximate surface area is 178 Å². The van der Waals surface area contributed by atoms with Crippen LogP contribution in [0.4, 0.5) is 10.1 Å². The van der Waals surface area contributed by atoms with Crippen LogP contribution in [-0.4, -0.2) is 21.0 Å². The average molecular weight is 453 g/mol. The Morgan fingerprint density at radius 1 is 1.21 bits per heavy atom. The fraction of sp³-hybridized carbons (Fsp3) is 0.0556. The lowest BCUT2D eigenvalue weighted by Crippen LogP contribution is -2.22. The number of aromatic nitrogens is 2. The minimum atomic E-state index is -0.595. The van der Waals surface area contributed by atoms with Crippen molar-refractivity contribution in [2.24, 2.45) is 0 Å². The van der Waals surface area contributed by atoms with Crippen LogP contribution in [0.15, 0.2) is 42.5 Å². The van der Waals surface area contributed by atoms with E-state index in [9.17, 15) is 19.3 Å². The smallest absolute Gasteiger partial charge is 0.288 e. The summed E-state index contributed by atoms with van der Waals surface area (Å²) in [7, 11) is 0. The van der Waals surface area contributed by atoms with E-state index >= 15 is 0 Å². The first-order chi connectivity index (χ1) is 13.8. The second kappa shape index (κ2) is 9.08. The zero-order chi connectivity index (χ0) is 21.0. The van der Waals surface area contributed by atoms with Gasteiger partial charge in [-0.05, 0) is 35.4 Å². The molecule has 1 amide bonds. The predicted octanol–water partition coefficient (Wildman–Crippen LogP) is 4.91. The highest BCUT2D eigenvalue weighted by atomic mass is 35.5. The van der Waals surface area contributed by atoms with Gasteiger partial charge in [-0.3, -0.25) is 14.9 Å². The fourth-order valence-corrected chi connectivity index (χ4v) is 3.37. The summed E-state index contributed by atoms with van der Waals surface area (Å²) in [6.07, 6.45) is 1.46. The molecule has 3 rings (SSSR count). The molecule has 0 saturated heterocycles. The highest BCUT2D eigenvalue weighted by molar-refractivity contribution is 7.15. The maximum Gasteiger partial charge on any atom is 0.288 e. The molecule has 1 heterocycles. The molecule has 148 valence electrons. The number of carbonyl (C=O) groups is 1. The van der Waals surface area contributed by atoms with Gasteiger partial charge in [0.1, 0.15) is 10.8 Å². The molecule has 0 atom stereocenters. The minimum Gasteiger partial charge on any atom is -0.346 e. The van der Waals surface area contributed by atoms with Crippen molar-refractivity contribution in [1.82, 2.24) is 15.5 Å². The Morgan fingerprint density at radius 3 is 2.59 bits per heavy atom. The fourth-order valence-electron chi connectivity index (χ4n) is 2.24. The summed E-state index contributed by atoms with van der Waals surface area (Å²) >= 11 is 13.0. The van der Waals surface area contributed by atoms with Gasteiger partial charge in [0.2, 0.25) is 5.01 Å². The van der Waals surface area contributed by atoms with Crippen LogP contribution in [0.3, 0.4) is 0 Å². The highest BCUT2D eigenvalue weighted by Gasteiger charge is 2.16. The molecule has 1 N–H and O–H groups in total. The van der Waals surface area contributed by atoms with Gasteiger partial charge in [0.05, 0.1) is 9.96 Å². The van der Waals surface area contributed by atoms with E-state index in [1.165, 1.54) is 30.3 Å². The van der Waals surface area contributed by atoms with E-state index in [1.807, 2.05) is 0 Å². The molecule has 0 aliphatic rings. The van der Waals surface area contributed by atoms with Gasteiger partial charge >= 0.3 is 0 Å². The van der Waals surface area contributed by atoms with Crippen molar-refractivity contribution < 1.29 is 14.1 Å². The highest BCUT2D eigenvalue weighted by Crippen LogP contribution is 2.29. The molecule has 0 bridgehead atoms. The van der Waals surface area contributed by atoms with Crippen molar-refractivity contribution in [3.63, 3.8) is 0 Å². The van der Waals surface area contributed by atoms with Crippen LogP contribution in [0.2, 0.25) is 5.02 Å². The Balaban J connectivity index is 1.70. The number of hydrogen-bond acceptors (Lipinski definition) is 6. The third-order valence-corrected chi connectivity index (χ3v) is 5.33. The summed E-state index contributed by atoms with van der Waals surface area (Å²) in [6, 6.07) is 9.96. The van der Waals surface area contributed by atoms with Gasteiger partial charge in [-0.2, -0.15) is 0 Å². The number of benzene rings is 2. The third kappa shape index (κ3) is 5.35. The van der Waals surface area contributed by atoms with Gasteiger partial charge in [-0.15, -0.1) is 10.2 Å². The average Bonchev–Trinajstić information content (AvgIpc) is 3.19. The maximum absolute atomic E-state index is 12.9. The molecule has 0 aliphatic heterocycles. The quantitative estimate of drug-likeness (QED) is 0.423. The van der Waals surface area contributed by atoms with Crippen molar-refractivity contribution in [1.29, 1.82) is 0 Å². The third-order valence-electron chi connectivity index (χ3n) is 3.65. The van der Waals surface area contributed by atoms with Gasteiger partial charge < -0.3 is 5.32 Å². The van der Waals surface area contributed by atoms with E-state index in [0.717, 1.165) is 16.9 Å². The molecule has 0 spiro atoms. The van der Waals surface area contributed by atoms with Crippen molar-refractivity contribution in [3.8, 4) is 0 Å². The number of nitrogens with zero attached hydrogens (tertiary/aromatic N) is 3. The van der Waals surface area contributed by atoms with Gasteiger partial charge in [0.15, 0.2) is 5.01 Å². The first kappa shape index (κ1) is 20.8. The first-order valence-electron chi connectivity index (χ1n) is 8.01. The van der Waals surface area contributed by atoms with E-state index in [4.69, 9.17) is 23.2 Å². The summed E-state index contributed by atoms with van der Waals surface area (Å²) < 4.78 is 12.9. The summed E-state index contributed by atoms with van der Waals surface area (Å²) in [5.74, 6) is -0.814. The number of amides is 1. The van der Waals surface area contributed by atoms with Crippen LogP contribution >= 0.6 is 34.5 Å². The lowest BCUT2D eigenvalue weighted by molar-refractivity contribution is -0.384. The second-order valence-corrected chi connectivity index (χ2v) is 7.47. The van der Waals surface area contributed by atoms with Crippen LogP contribution in [-0.2, 0) is 6.54 Å². The van der Waals surface area contributed by atoms with Crippen LogP contribution in [0.25, 0.3) is 11.1 Å². The van der Waals surface area contributed by atoms with E-state index in [1.54, 1.807) is 18.2 Å². The molecule has 0 aliphatic carbocycles. The van der Waals surface area contributed by atoms with E-state index in [0.29, 0.717) is 5.56 Å². The molecule has 0 fully saturated rings. The zero-order valence-electron chi connectivity index (χ0n) is 14.4. The number of rotatable bonds is 6. The van der Waals surface area contributed by atoms with Gasteiger partial charge in [-0.25, -0.2) is 4.39 Å². The van der Waals surface area contributed by atoms with Gasteiger partial charge in [0, 0.05) is 12.6 Å². The zero-order valence-corrected chi connectivity index (χ0v) is 16.8. The molecule has 0 saturated carbocycles. The summed E-state index contributed by atoms with van der Waals surface area (Å²) in [5.41, 5.74) is 0.929. The molecular weight excluding hydrogens is 442 g/mol. The van der Waals surface area contributed by atoms with Crippen molar-refractivity contribution in [2.75, 3.05) is 0 Å². The van der Waals surface area contributed by atoms with Crippen LogP contribution in [0.5, 0.6) is 0 Å². The Morgan fingerprint density at radius 2 is 1.90 bits per heavy atom. The van der Waals surface area contributed by atoms with E-state index in [2.05, 4.69) is 15.5 Å². The van der Waals surface area contributed by atoms with Crippen LogP contribution in [0.1, 0.15) is 25.9 Å². The maximum atomic E-state index is 12.9. The van der Waals surface area contributed by atoms with Gasteiger partial charge in [-0.1, -0.05) is 52.7 Å². The van der Waals surface area contributed by atoms with E-state index < -0.39 is 10.8 Å². The number of halogens is 3.